The lowest BCUT2D eigenvalue weighted by Crippen LogP contribution is -2.30. The van der Waals surface area contributed by atoms with E-state index in [1.165, 1.54) is 12.1 Å². The Morgan fingerprint density at radius 2 is 1.90 bits per heavy atom. The van der Waals surface area contributed by atoms with E-state index in [9.17, 15) is 22.8 Å². The van der Waals surface area contributed by atoms with E-state index in [-0.39, 0.29) is 18.4 Å². The number of rotatable bonds is 6. The van der Waals surface area contributed by atoms with Crippen LogP contribution in [0.1, 0.15) is 24.0 Å². The first-order valence-corrected chi connectivity index (χ1v) is 9.27. The van der Waals surface area contributed by atoms with Crippen molar-refractivity contribution in [1.82, 2.24) is 4.90 Å². The Hall–Kier alpha value is -2.87. The Labute approximate surface area is 167 Å². The van der Waals surface area contributed by atoms with Crippen LogP contribution in [0.25, 0.3) is 0 Å². The van der Waals surface area contributed by atoms with Crippen LogP contribution in [0.4, 0.5) is 24.5 Å². The van der Waals surface area contributed by atoms with Gasteiger partial charge in [0.05, 0.1) is 12.1 Å². The first-order chi connectivity index (χ1) is 13.7. The van der Waals surface area contributed by atoms with Gasteiger partial charge in [0.25, 0.3) is 0 Å². The van der Waals surface area contributed by atoms with Crippen molar-refractivity contribution in [2.75, 3.05) is 30.4 Å². The lowest BCUT2D eigenvalue weighted by Gasteiger charge is -2.18. The van der Waals surface area contributed by atoms with Crippen LogP contribution in [0.2, 0.25) is 0 Å². The van der Waals surface area contributed by atoms with Gasteiger partial charge in [0.15, 0.2) is 0 Å². The number of benzene rings is 2. The third-order valence-corrected chi connectivity index (χ3v) is 4.66. The molecule has 1 saturated heterocycles. The minimum atomic E-state index is -4.36. The number of likely N-dealkylation sites (N-methyl/N-ethyl adjacent to an activating group) is 1. The highest BCUT2D eigenvalue weighted by molar-refractivity contribution is 5.97. The summed E-state index contributed by atoms with van der Waals surface area (Å²) in [7, 11) is 1.72. The Morgan fingerprint density at radius 3 is 2.52 bits per heavy atom. The van der Waals surface area contributed by atoms with Crippen LogP contribution in [0.15, 0.2) is 48.5 Å². The number of halogens is 3. The average Bonchev–Trinajstić information content (AvgIpc) is 3.07. The molecular weight excluding hydrogens is 383 g/mol. The number of nitrogens with one attached hydrogen (secondary N) is 1. The van der Waals surface area contributed by atoms with Crippen LogP contribution in [-0.4, -0.2) is 36.9 Å². The highest BCUT2D eigenvalue weighted by Gasteiger charge is 2.30. The van der Waals surface area contributed by atoms with Gasteiger partial charge in [-0.05, 0) is 49.4 Å². The Balaban J connectivity index is 1.54. The van der Waals surface area contributed by atoms with Gasteiger partial charge < -0.3 is 10.2 Å². The monoisotopic (exact) mass is 405 g/mol. The van der Waals surface area contributed by atoms with Crippen LogP contribution >= 0.6 is 0 Å². The molecule has 0 aliphatic carbocycles. The molecule has 0 spiro atoms. The molecule has 1 aliphatic heterocycles. The molecule has 2 aromatic carbocycles. The Kier molecular flexibility index (Phi) is 6.22. The van der Waals surface area contributed by atoms with E-state index in [1.54, 1.807) is 35.0 Å². The van der Waals surface area contributed by atoms with Gasteiger partial charge in [0.1, 0.15) is 0 Å². The van der Waals surface area contributed by atoms with Crippen molar-refractivity contribution < 1.29 is 22.8 Å². The highest BCUT2D eigenvalue weighted by Crippen LogP contribution is 2.29. The summed E-state index contributed by atoms with van der Waals surface area (Å²) in [4.78, 5) is 27.6. The van der Waals surface area contributed by atoms with Crippen LogP contribution in [-0.2, 0) is 22.3 Å². The van der Waals surface area contributed by atoms with E-state index in [0.717, 1.165) is 24.2 Å². The molecule has 0 bridgehead atoms. The van der Waals surface area contributed by atoms with E-state index in [2.05, 4.69) is 5.32 Å². The summed E-state index contributed by atoms with van der Waals surface area (Å²) >= 11 is 0. The summed E-state index contributed by atoms with van der Waals surface area (Å²) in [5.74, 6) is -0.172. The van der Waals surface area contributed by atoms with Gasteiger partial charge in [-0.1, -0.05) is 18.2 Å². The summed E-state index contributed by atoms with van der Waals surface area (Å²) in [6.07, 6.45) is -3.01. The number of hydrogen-bond acceptors (Lipinski definition) is 3. The van der Waals surface area contributed by atoms with Crippen molar-refractivity contribution in [3.05, 3.63) is 59.7 Å². The molecule has 0 atom stereocenters. The molecule has 8 heteroatoms. The topological polar surface area (TPSA) is 52.7 Å². The number of amides is 2. The van der Waals surface area contributed by atoms with Crippen LogP contribution < -0.4 is 10.2 Å². The molecule has 1 heterocycles. The minimum Gasteiger partial charge on any atom is -0.325 e. The predicted octanol–water partition coefficient (Wildman–Crippen LogP) is 3.90. The number of anilines is 2. The van der Waals surface area contributed by atoms with Gasteiger partial charge in [-0.3, -0.25) is 14.5 Å². The molecule has 0 saturated carbocycles. The molecule has 2 aromatic rings. The van der Waals surface area contributed by atoms with Crippen LogP contribution in [0.5, 0.6) is 0 Å². The third kappa shape index (κ3) is 5.57. The third-order valence-electron chi connectivity index (χ3n) is 4.66. The van der Waals surface area contributed by atoms with Gasteiger partial charge in [-0.2, -0.15) is 13.2 Å². The van der Waals surface area contributed by atoms with Gasteiger partial charge in [-0.15, -0.1) is 0 Å². The van der Waals surface area contributed by atoms with Crippen molar-refractivity contribution in [2.24, 2.45) is 0 Å². The fraction of sp³-hybridized carbons (Fsp3) is 0.333. The number of nitrogens with zero attached hydrogens (tertiary/aromatic N) is 2. The maximum absolute atomic E-state index is 12.6. The molecule has 3 rings (SSSR count). The Morgan fingerprint density at radius 1 is 1.17 bits per heavy atom. The molecule has 2 amide bonds. The summed E-state index contributed by atoms with van der Waals surface area (Å²) in [5, 5.41) is 2.80. The molecule has 0 radical (unpaired) electrons. The molecule has 154 valence electrons. The second kappa shape index (κ2) is 8.65. The average molecular weight is 405 g/mol. The van der Waals surface area contributed by atoms with Crippen LogP contribution in [0, 0.1) is 0 Å². The van der Waals surface area contributed by atoms with Gasteiger partial charge in [0, 0.05) is 30.9 Å². The molecule has 5 nitrogen and oxygen atoms in total. The number of hydrogen-bond donors (Lipinski definition) is 1. The van der Waals surface area contributed by atoms with Crippen molar-refractivity contribution >= 4 is 23.2 Å². The van der Waals surface area contributed by atoms with Crippen LogP contribution in [0.3, 0.4) is 0 Å². The highest BCUT2D eigenvalue weighted by atomic mass is 19.4. The fourth-order valence-electron chi connectivity index (χ4n) is 3.29. The SMILES string of the molecule is CN(CC(=O)Nc1cccc(N2CCCC2=O)c1)Cc1ccc(C(F)(F)F)cc1. The number of carbonyl (C=O) groups is 2. The summed E-state index contributed by atoms with van der Waals surface area (Å²) in [5.41, 5.74) is 1.33. The first kappa shape index (κ1) is 20.9. The second-order valence-corrected chi connectivity index (χ2v) is 7.11. The van der Waals surface area contributed by atoms with E-state index in [4.69, 9.17) is 0 Å². The minimum absolute atomic E-state index is 0.0738. The lowest BCUT2D eigenvalue weighted by molar-refractivity contribution is -0.137. The molecule has 1 aliphatic rings. The van der Waals surface area contributed by atoms with Gasteiger partial charge >= 0.3 is 6.18 Å². The summed E-state index contributed by atoms with van der Waals surface area (Å²) in [6.45, 7) is 1.09. The van der Waals surface area contributed by atoms with Gasteiger partial charge in [0.2, 0.25) is 11.8 Å². The standard InChI is InChI=1S/C21H22F3N3O2/c1-26(13-15-7-9-16(10-8-15)21(22,23)24)14-19(28)25-17-4-2-5-18(12-17)27-11-3-6-20(27)29/h2,4-5,7-10,12H,3,6,11,13-14H2,1H3,(H,25,28). The number of carbonyl (C=O) groups excluding carboxylic acids is 2. The summed E-state index contributed by atoms with van der Waals surface area (Å²) in [6, 6.07) is 12.0. The largest absolute Gasteiger partial charge is 0.416 e. The maximum Gasteiger partial charge on any atom is 0.416 e. The quantitative estimate of drug-likeness (QED) is 0.793. The number of alkyl halides is 3. The zero-order valence-corrected chi connectivity index (χ0v) is 16.0. The normalized spacial score (nSPS) is 14.5. The molecular formula is C21H22F3N3O2. The van der Waals surface area contributed by atoms with Crippen molar-refractivity contribution in [3.8, 4) is 0 Å². The maximum atomic E-state index is 12.6. The Bertz CT molecular complexity index is 881. The predicted molar refractivity (Wildman–Crippen MR) is 104 cm³/mol. The zero-order chi connectivity index (χ0) is 21.0. The van der Waals surface area contributed by atoms with Crippen molar-refractivity contribution in [1.29, 1.82) is 0 Å². The van der Waals surface area contributed by atoms with Crippen molar-refractivity contribution in [3.63, 3.8) is 0 Å². The first-order valence-electron chi connectivity index (χ1n) is 9.27. The second-order valence-electron chi connectivity index (χ2n) is 7.11. The lowest BCUT2D eigenvalue weighted by atomic mass is 10.1. The fourth-order valence-corrected chi connectivity index (χ4v) is 3.29. The van der Waals surface area contributed by atoms with E-state index < -0.39 is 11.7 Å². The summed E-state index contributed by atoms with van der Waals surface area (Å²) < 4.78 is 37.9. The molecule has 1 N–H and O–H groups in total. The molecule has 29 heavy (non-hydrogen) atoms. The molecule has 0 unspecified atom stereocenters. The smallest absolute Gasteiger partial charge is 0.325 e. The van der Waals surface area contributed by atoms with Crippen molar-refractivity contribution in [2.45, 2.75) is 25.6 Å². The van der Waals surface area contributed by atoms with E-state index in [0.29, 0.717) is 30.8 Å². The molecule has 0 aromatic heterocycles. The van der Waals surface area contributed by atoms with E-state index >= 15 is 0 Å². The molecule has 1 fully saturated rings. The van der Waals surface area contributed by atoms with Gasteiger partial charge in [-0.25, -0.2) is 0 Å². The zero-order valence-electron chi connectivity index (χ0n) is 16.0. The van der Waals surface area contributed by atoms with E-state index in [1.807, 2.05) is 6.07 Å².